The van der Waals surface area contributed by atoms with Crippen LogP contribution in [0.15, 0.2) is 29.3 Å². The fourth-order valence-electron chi connectivity index (χ4n) is 2.62. The predicted molar refractivity (Wildman–Crippen MR) is 96.8 cm³/mol. The molecule has 4 heteroatoms. The van der Waals surface area contributed by atoms with E-state index in [-0.39, 0.29) is 24.0 Å². The van der Waals surface area contributed by atoms with Crippen molar-refractivity contribution < 1.29 is 0 Å². The van der Waals surface area contributed by atoms with Crippen molar-refractivity contribution in [2.24, 2.45) is 4.99 Å². The average Bonchev–Trinajstić information content (AvgIpc) is 2.46. The SMILES string of the molecule is CN=C(NCc1ccccc1C)NC1CCCCC1.I. The van der Waals surface area contributed by atoms with Crippen molar-refractivity contribution in [2.45, 2.75) is 51.6 Å². The van der Waals surface area contributed by atoms with E-state index in [1.807, 2.05) is 7.05 Å². The summed E-state index contributed by atoms with van der Waals surface area (Å²) in [5.41, 5.74) is 2.65. The lowest BCUT2D eigenvalue weighted by molar-refractivity contribution is 0.410. The van der Waals surface area contributed by atoms with Crippen LogP contribution in [0.4, 0.5) is 0 Å². The first-order valence-electron chi connectivity index (χ1n) is 7.31. The largest absolute Gasteiger partial charge is 0.354 e. The summed E-state index contributed by atoms with van der Waals surface area (Å²) in [4.78, 5) is 4.32. The molecule has 0 atom stereocenters. The zero-order valence-corrected chi connectivity index (χ0v) is 14.8. The van der Waals surface area contributed by atoms with Gasteiger partial charge in [-0.1, -0.05) is 43.5 Å². The van der Waals surface area contributed by atoms with Crippen molar-refractivity contribution in [2.75, 3.05) is 7.05 Å². The van der Waals surface area contributed by atoms with Crippen LogP contribution in [0.5, 0.6) is 0 Å². The van der Waals surface area contributed by atoms with Crippen LogP contribution in [-0.2, 0) is 6.54 Å². The first-order valence-corrected chi connectivity index (χ1v) is 7.31. The van der Waals surface area contributed by atoms with Crippen LogP contribution < -0.4 is 10.6 Å². The van der Waals surface area contributed by atoms with Crippen LogP contribution in [0.25, 0.3) is 0 Å². The third-order valence-electron chi connectivity index (χ3n) is 3.88. The lowest BCUT2D eigenvalue weighted by Crippen LogP contribution is -2.43. The second-order valence-corrected chi connectivity index (χ2v) is 5.33. The minimum atomic E-state index is 0. The van der Waals surface area contributed by atoms with Gasteiger partial charge in [0.25, 0.3) is 0 Å². The standard InChI is InChI=1S/C16H25N3.HI/c1-13-8-6-7-9-14(13)12-18-16(17-2)19-15-10-4-3-5-11-15;/h6-9,15H,3-5,10-12H2,1-2H3,(H2,17,18,19);1H. The maximum atomic E-state index is 4.32. The Morgan fingerprint density at radius 2 is 1.90 bits per heavy atom. The zero-order chi connectivity index (χ0) is 13.5. The normalized spacial score (nSPS) is 16.4. The number of rotatable bonds is 3. The Morgan fingerprint density at radius 3 is 2.55 bits per heavy atom. The fraction of sp³-hybridized carbons (Fsp3) is 0.562. The molecule has 112 valence electrons. The smallest absolute Gasteiger partial charge is 0.191 e. The van der Waals surface area contributed by atoms with Crippen molar-refractivity contribution in [3.8, 4) is 0 Å². The van der Waals surface area contributed by atoms with E-state index in [0.717, 1.165) is 12.5 Å². The monoisotopic (exact) mass is 387 g/mol. The van der Waals surface area contributed by atoms with Crippen LogP contribution in [-0.4, -0.2) is 19.0 Å². The highest BCUT2D eigenvalue weighted by Crippen LogP contribution is 2.17. The Hall–Kier alpha value is -0.780. The van der Waals surface area contributed by atoms with E-state index in [1.54, 1.807) is 0 Å². The predicted octanol–water partition coefficient (Wildman–Crippen LogP) is 3.61. The van der Waals surface area contributed by atoms with Gasteiger partial charge < -0.3 is 10.6 Å². The van der Waals surface area contributed by atoms with E-state index in [0.29, 0.717) is 6.04 Å². The molecule has 3 nitrogen and oxygen atoms in total. The number of nitrogens with zero attached hydrogens (tertiary/aromatic N) is 1. The Labute approximate surface area is 139 Å². The molecule has 0 spiro atoms. The Kier molecular flexibility index (Phi) is 7.95. The molecular formula is C16H26IN3. The molecule has 2 N–H and O–H groups in total. The van der Waals surface area contributed by atoms with Gasteiger partial charge in [-0.2, -0.15) is 0 Å². The number of benzene rings is 1. The number of hydrogen-bond donors (Lipinski definition) is 2. The van der Waals surface area contributed by atoms with Crippen molar-refractivity contribution in [1.82, 2.24) is 10.6 Å². The van der Waals surface area contributed by atoms with E-state index in [4.69, 9.17) is 0 Å². The molecule has 1 aliphatic carbocycles. The van der Waals surface area contributed by atoms with Gasteiger partial charge in [0.1, 0.15) is 0 Å². The molecule has 0 amide bonds. The van der Waals surface area contributed by atoms with Crippen LogP contribution >= 0.6 is 24.0 Å². The van der Waals surface area contributed by atoms with Gasteiger partial charge in [0.15, 0.2) is 5.96 Å². The van der Waals surface area contributed by atoms with E-state index in [2.05, 4.69) is 46.8 Å². The third-order valence-corrected chi connectivity index (χ3v) is 3.88. The maximum absolute atomic E-state index is 4.32. The van der Waals surface area contributed by atoms with Gasteiger partial charge in [-0.05, 0) is 30.9 Å². The summed E-state index contributed by atoms with van der Waals surface area (Å²) in [6, 6.07) is 9.07. The van der Waals surface area contributed by atoms with Crippen LogP contribution in [0, 0.1) is 6.92 Å². The highest BCUT2D eigenvalue weighted by molar-refractivity contribution is 14.0. The minimum absolute atomic E-state index is 0. The fourth-order valence-corrected chi connectivity index (χ4v) is 2.62. The molecule has 0 radical (unpaired) electrons. The number of aliphatic imine (C=N–C) groups is 1. The number of halogens is 1. The van der Waals surface area contributed by atoms with Crippen molar-refractivity contribution >= 4 is 29.9 Å². The van der Waals surface area contributed by atoms with Gasteiger partial charge in [-0.25, -0.2) is 0 Å². The highest BCUT2D eigenvalue weighted by atomic mass is 127. The molecule has 20 heavy (non-hydrogen) atoms. The lowest BCUT2D eigenvalue weighted by atomic mass is 9.96. The summed E-state index contributed by atoms with van der Waals surface area (Å²) >= 11 is 0. The molecule has 1 aromatic rings. The number of guanidine groups is 1. The summed E-state index contributed by atoms with van der Waals surface area (Å²) in [6.07, 6.45) is 6.60. The molecule has 0 aliphatic heterocycles. The van der Waals surface area contributed by atoms with Crippen molar-refractivity contribution in [3.05, 3.63) is 35.4 Å². The average molecular weight is 387 g/mol. The first kappa shape index (κ1) is 17.3. The summed E-state index contributed by atoms with van der Waals surface area (Å²) < 4.78 is 0. The Bertz CT molecular complexity index is 425. The van der Waals surface area contributed by atoms with Gasteiger partial charge in [-0.3, -0.25) is 4.99 Å². The number of hydrogen-bond acceptors (Lipinski definition) is 1. The van der Waals surface area contributed by atoms with Gasteiger partial charge in [-0.15, -0.1) is 24.0 Å². The summed E-state index contributed by atoms with van der Waals surface area (Å²) in [5.74, 6) is 0.926. The van der Waals surface area contributed by atoms with Crippen LogP contribution in [0.3, 0.4) is 0 Å². The zero-order valence-electron chi connectivity index (χ0n) is 12.5. The molecule has 0 aromatic heterocycles. The molecule has 1 fully saturated rings. The number of aryl methyl sites for hydroxylation is 1. The quantitative estimate of drug-likeness (QED) is 0.472. The Morgan fingerprint density at radius 1 is 1.20 bits per heavy atom. The number of nitrogens with one attached hydrogen (secondary N) is 2. The molecule has 0 bridgehead atoms. The topological polar surface area (TPSA) is 36.4 Å². The maximum Gasteiger partial charge on any atom is 0.191 e. The van der Waals surface area contributed by atoms with E-state index >= 15 is 0 Å². The van der Waals surface area contributed by atoms with E-state index < -0.39 is 0 Å². The summed E-state index contributed by atoms with van der Waals surface area (Å²) in [5, 5.41) is 6.95. The van der Waals surface area contributed by atoms with Crippen molar-refractivity contribution in [3.63, 3.8) is 0 Å². The Balaban J connectivity index is 0.00000200. The molecule has 1 aliphatic rings. The van der Waals surface area contributed by atoms with Crippen LogP contribution in [0.1, 0.15) is 43.2 Å². The second kappa shape index (κ2) is 9.21. The third kappa shape index (κ3) is 5.31. The van der Waals surface area contributed by atoms with E-state index in [1.165, 1.54) is 43.2 Å². The lowest BCUT2D eigenvalue weighted by Gasteiger charge is -2.25. The van der Waals surface area contributed by atoms with Crippen LogP contribution in [0.2, 0.25) is 0 Å². The molecule has 0 unspecified atom stereocenters. The summed E-state index contributed by atoms with van der Waals surface area (Å²) in [7, 11) is 1.84. The molecule has 0 saturated heterocycles. The highest BCUT2D eigenvalue weighted by Gasteiger charge is 2.14. The summed E-state index contributed by atoms with van der Waals surface area (Å²) in [6.45, 7) is 2.98. The molecule has 2 rings (SSSR count). The molecule has 1 saturated carbocycles. The second-order valence-electron chi connectivity index (χ2n) is 5.33. The molecular weight excluding hydrogens is 361 g/mol. The van der Waals surface area contributed by atoms with Crippen molar-refractivity contribution in [1.29, 1.82) is 0 Å². The van der Waals surface area contributed by atoms with Gasteiger partial charge in [0.2, 0.25) is 0 Å². The first-order chi connectivity index (χ1) is 9.29. The van der Waals surface area contributed by atoms with Gasteiger partial charge >= 0.3 is 0 Å². The molecule has 1 aromatic carbocycles. The minimum Gasteiger partial charge on any atom is -0.354 e. The van der Waals surface area contributed by atoms with Gasteiger partial charge in [0.05, 0.1) is 0 Å². The van der Waals surface area contributed by atoms with E-state index in [9.17, 15) is 0 Å². The van der Waals surface area contributed by atoms with Gasteiger partial charge in [0, 0.05) is 19.6 Å². The molecule has 0 heterocycles.